The van der Waals surface area contributed by atoms with E-state index in [0.29, 0.717) is 0 Å². The summed E-state index contributed by atoms with van der Waals surface area (Å²) in [5, 5.41) is 2.54. The Bertz CT molecular complexity index is 727. The van der Waals surface area contributed by atoms with E-state index >= 15 is 0 Å². The Morgan fingerprint density at radius 2 is 1.37 bits per heavy atom. The lowest BCUT2D eigenvalue weighted by Gasteiger charge is -2.13. The second kappa shape index (κ2) is 3.94. The van der Waals surface area contributed by atoms with Gasteiger partial charge in [-0.1, -0.05) is 66.7 Å². The van der Waals surface area contributed by atoms with E-state index in [9.17, 15) is 0 Å². The molecule has 1 nitrogen and oxygen atoms in total. The minimum atomic E-state index is -0.217. The van der Waals surface area contributed by atoms with Gasteiger partial charge < -0.3 is 4.74 Å². The summed E-state index contributed by atoms with van der Waals surface area (Å²) in [7, 11) is 0. The number of benzene rings is 3. The highest BCUT2D eigenvalue weighted by atomic mass is 16.6. The first-order valence-electron chi connectivity index (χ1n) is 6.57. The van der Waals surface area contributed by atoms with E-state index < -0.39 is 0 Å². The number of epoxide rings is 1. The molecule has 1 unspecified atom stereocenters. The maximum absolute atomic E-state index is 5.82. The van der Waals surface area contributed by atoms with Crippen LogP contribution in [0.15, 0.2) is 72.8 Å². The SMILES string of the molecule is c1ccc(C2(c3ccc4ccccc4c3)CO2)cc1. The molecule has 3 aromatic rings. The van der Waals surface area contributed by atoms with Gasteiger partial charge in [-0.05, 0) is 28.0 Å². The summed E-state index contributed by atoms with van der Waals surface area (Å²) in [5.74, 6) is 0. The maximum atomic E-state index is 5.82. The summed E-state index contributed by atoms with van der Waals surface area (Å²) in [5.41, 5.74) is 2.27. The minimum Gasteiger partial charge on any atom is -0.359 e. The normalized spacial score (nSPS) is 21.5. The zero-order valence-electron chi connectivity index (χ0n) is 10.5. The number of fused-ring (bicyclic) bond motifs is 1. The molecule has 0 saturated carbocycles. The molecule has 1 heterocycles. The van der Waals surface area contributed by atoms with Crippen molar-refractivity contribution in [2.45, 2.75) is 5.60 Å². The molecule has 1 fully saturated rings. The molecule has 0 amide bonds. The summed E-state index contributed by atoms with van der Waals surface area (Å²) in [6.07, 6.45) is 0. The number of hydrogen-bond donors (Lipinski definition) is 0. The van der Waals surface area contributed by atoms with Gasteiger partial charge in [-0.15, -0.1) is 0 Å². The average Bonchev–Trinajstić information content (AvgIpc) is 3.29. The minimum absolute atomic E-state index is 0.217. The van der Waals surface area contributed by atoms with Crippen LogP contribution >= 0.6 is 0 Å². The number of rotatable bonds is 2. The number of ether oxygens (including phenoxy) is 1. The molecule has 0 bridgehead atoms. The van der Waals surface area contributed by atoms with Crippen molar-refractivity contribution >= 4 is 10.8 Å². The summed E-state index contributed by atoms with van der Waals surface area (Å²) < 4.78 is 5.82. The summed E-state index contributed by atoms with van der Waals surface area (Å²) in [4.78, 5) is 0. The van der Waals surface area contributed by atoms with E-state index in [0.717, 1.165) is 6.61 Å². The predicted molar refractivity (Wildman–Crippen MR) is 77.1 cm³/mol. The third-order valence-electron chi connectivity index (χ3n) is 3.89. The van der Waals surface area contributed by atoms with Crippen LogP contribution in [0.25, 0.3) is 10.8 Å². The van der Waals surface area contributed by atoms with Gasteiger partial charge >= 0.3 is 0 Å². The first-order chi connectivity index (χ1) is 9.38. The van der Waals surface area contributed by atoms with Crippen molar-refractivity contribution in [3.63, 3.8) is 0 Å². The molecule has 0 radical (unpaired) electrons. The molecule has 3 aromatic carbocycles. The van der Waals surface area contributed by atoms with E-state index in [-0.39, 0.29) is 5.60 Å². The van der Waals surface area contributed by atoms with Gasteiger partial charge in [0.25, 0.3) is 0 Å². The van der Waals surface area contributed by atoms with Gasteiger partial charge in [0.15, 0.2) is 0 Å². The molecule has 0 N–H and O–H groups in total. The maximum Gasteiger partial charge on any atom is 0.142 e. The van der Waals surface area contributed by atoms with Crippen molar-refractivity contribution in [1.82, 2.24) is 0 Å². The van der Waals surface area contributed by atoms with Gasteiger partial charge in [-0.25, -0.2) is 0 Å². The van der Waals surface area contributed by atoms with Crippen LogP contribution in [0.4, 0.5) is 0 Å². The molecular weight excluding hydrogens is 232 g/mol. The first-order valence-corrected chi connectivity index (χ1v) is 6.57. The molecular formula is C18H14O. The molecule has 19 heavy (non-hydrogen) atoms. The van der Waals surface area contributed by atoms with Crippen LogP contribution in [0.2, 0.25) is 0 Å². The van der Waals surface area contributed by atoms with Crippen LogP contribution in [-0.2, 0) is 10.3 Å². The third-order valence-corrected chi connectivity index (χ3v) is 3.89. The summed E-state index contributed by atoms with van der Waals surface area (Å²) in [6, 6.07) is 25.5. The zero-order valence-corrected chi connectivity index (χ0v) is 10.5. The Balaban J connectivity index is 1.86. The topological polar surface area (TPSA) is 12.5 Å². The zero-order chi connectivity index (χ0) is 12.7. The fourth-order valence-electron chi connectivity index (χ4n) is 2.72. The first kappa shape index (κ1) is 10.8. The van der Waals surface area contributed by atoms with Crippen molar-refractivity contribution in [1.29, 1.82) is 0 Å². The lowest BCUT2D eigenvalue weighted by atomic mass is 9.90. The Morgan fingerprint density at radius 1 is 0.684 bits per heavy atom. The van der Waals surface area contributed by atoms with Crippen molar-refractivity contribution in [2.24, 2.45) is 0 Å². The standard InChI is InChI=1S/C18H14O/c1-2-8-16(9-3-1)18(13-19-18)17-11-10-14-6-4-5-7-15(14)12-17/h1-12H,13H2. The second-order valence-corrected chi connectivity index (χ2v) is 5.04. The van der Waals surface area contributed by atoms with Gasteiger partial charge in [0, 0.05) is 0 Å². The van der Waals surface area contributed by atoms with Crippen LogP contribution in [0.5, 0.6) is 0 Å². The van der Waals surface area contributed by atoms with Crippen LogP contribution in [-0.4, -0.2) is 6.61 Å². The fraction of sp³-hybridized carbons (Fsp3) is 0.111. The Labute approximate surface area is 112 Å². The quantitative estimate of drug-likeness (QED) is 0.620. The molecule has 1 atom stereocenters. The Morgan fingerprint density at radius 3 is 2.11 bits per heavy atom. The van der Waals surface area contributed by atoms with E-state index in [2.05, 4.69) is 66.7 Å². The highest BCUT2D eigenvalue weighted by Crippen LogP contribution is 2.45. The van der Waals surface area contributed by atoms with Gasteiger partial charge in [0.1, 0.15) is 5.60 Å². The Hall–Kier alpha value is -2.12. The van der Waals surface area contributed by atoms with Gasteiger partial charge in [-0.2, -0.15) is 0 Å². The van der Waals surface area contributed by atoms with E-state index in [1.165, 1.54) is 21.9 Å². The molecule has 0 spiro atoms. The van der Waals surface area contributed by atoms with E-state index in [1.807, 2.05) is 6.07 Å². The molecule has 1 saturated heterocycles. The molecule has 92 valence electrons. The van der Waals surface area contributed by atoms with Crippen molar-refractivity contribution in [3.8, 4) is 0 Å². The lowest BCUT2D eigenvalue weighted by molar-refractivity contribution is 0.349. The van der Waals surface area contributed by atoms with Crippen molar-refractivity contribution in [2.75, 3.05) is 6.61 Å². The van der Waals surface area contributed by atoms with E-state index in [4.69, 9.17) is 4.74 Å². The van der Waals surface area contributed by atoms with Gasteiger partial charge in [-0.3, -0.25) is 0 Å². The van der Waals surface area contributed by atoms with Crippen LogP contribution < -0.4 is 0 Å². The lowest BCUT2D eigenvalue weighted by Crippen LogP contribution is -2.10. The van der Waals surface area contributed by atoms with Crippen molar-refractivity contribution < 1.29 is 4.74 Å². The monoisotopic (exact) mass is 246 g/mol. The van der Waals surface area contributed by atoms with Crippen molar-refractivity contribution in [3.05, 3.63) is 83.9 Å². The second-order valence-electron chi connectivity index (χ2n) is 5.04. The highest BCUT2D eigenvalue weighted by Gasteiger charge is 2.48. The molecule has 1 aliphatic rings. The van der Waals surface area contributed by atoms with E-state index in [1.54, 1.807) is 0 Å². The fourth-order valence-corrected chi connectivity index (χ4v) is 2.72. The highest BCUT2D eigenvalue weighted by molar-refractivity contribution is 5.83. The van der Waals surface area contributed by atoms with Gasteiger partial charge in [0.2, 0.25) is 0 Å². The van der Waals surface area contributed by atoms with Gasteiger partial charge in [0.05, 0.1) is 6.61 Å². The van der Waals surface area contributed by atoms with Crippen LogP contribution in [0, 0.1) is 0 Å². The molecule has 0 aromatic heterocycles. The molecule has 1 heteroatoms. The largest absolute Gasteiger partial charge is 0.359 e. The predicted octanol–water partition coefficient (Wildman–Crippen LogP) is 4.11. The average molecular weight is 246 g/mol. The smallest absolute Gasteiger partial charge is 0.142 e. The summed E-state index contributed by atoms with van der Waals surface area (Å²) >= 11 is 0. The molecule has 1 aliphatic heterocycles. The third kappa shape index (κ3) is 1.66. The van der Waals surface area contributed by atoms with Crippen LogP contribution in [0.1, 0.15) is 11.1 Å². The molecule has 0 aliphatic carbocycles. The van der Waals surface area contributed by atoms with Crippen LogP contribution in [0.3, 0.4) is 0 Å². The number of hydrogen-bond acceptors (Lipinski definition) is 1. The Kier molecular flexibility index (Phi) is 2.23. The summed E-state index contributed by atoms with van der Waals surface area (Å²) in [6.45, 7) is 0.773. The molecule has 4 rings (SSSR count).